The van der Waals surface area contributed by atoms with Gasteiger partial charge < -0.3 is 9.32 Å². The Balaban J connectivity index is 1.09. The minimum Gasteiger partial charge on any atom is -0.455 e. The first kappa shape index (κ1) is 34.1. The summed E-state index contributed by atoms with van der Waals surface area (Å²) < 4.78 is 6.58. The second kappa shape index (κ2) is 13.9. The molecule has 0 aliphatic carbocycles. The van der Waals surface area contributed by atoms with Gasteiger partial charge in [-0.1, -0.05) is 182 Å². The van der Waals surface area contributed by atoms with Gasteiger partial charge >= 0.3 is 0 Å². The lowest BCUT2D eigenvalue weighted by Gasteiger charge is -2.28. The molecule has 2 heteroatoms. The Bertz CT molecular complexity index is 3580. The second-order valence-corrected chi connectivity index (χ2v) is 15.6. The SMILES string of the molecule is c1ccc(-c2c(-c3ccccc3)c3cc(N(c4ccc(-c5cccc6oc7c8ccccc8ccc7c56)cc4)c4cccc5ccccc45)ccc3c3ccccc23)cc1. The van der Waals surface area contributed by atoms with Crippen LogP contribution in [0.25, 0.3) is 98.4 Å². The predicted molar refractivity (Wildman–Crippen MR) is 255 cm³/mol. The number of rotatable bonds is 6. The van der Waals surface area contributed by atoms with Gasteiger partial charge in [-0.15, -0.1) is 0 Å². The van der Waals surface area contributed by atoms with E-state index in [0.29, 0.717) is 0 Å². The Morgan fingerprint density at radius 2 is 0.867 bits per heavy atom. The summed E-state index contributed by atoms with van der Waals surface area (Å²) in [6, 6.07) is 81.3. The monoisotopic (exact) mass is 763 g/mol. The zero-order valence-corrected chi connectivity index (χ0v) is 32.7. The number of hydrogen-bond donors (Lipinski definition) is 0. The van der Waals surface area contributed by atoms with Crippen LogP contribution < -0.4 is 4.90 Å². The minimum atomic E-state index is 0.896. The third-order valence-electron chi connectivity index (χ3n) is 12.2. The highest BCUT2D eigenvalue weighted by Gasteiger charge is 2.22. The lowest BCUT2D eigenvalue weighted by Crippen LogP contribution is -2.10. The standard InChI is InChI=1S/C58H37NO/c1-3-17-41(18-4-1)55-50-25-12-11-24-48(50)49-36-34-44(37-52(49)56(55)42-19-5-2-6-20-42)59(53-27-13-21-38-15-7-9-22-45(38)53)43-32-29-40(30-33-43)46-26-14-28-54-57(46)51-35-31-39-16-8-10-23-47(39)58(51)60-54/h1-37H. The van der Waals surface area contributed by atoms with E-state index in [4.69, 9.17) is 4.42 Å². The summed E-state index contributed by atoms with van der Waals surface area (Å²) in [4.78, 5) is 2.43. The Labute approximate surface area is 347 Å². The number of furan rings is 1. The molecule has 0 aliphatic heterocycles. The van der Waals surface area contributed by atoms with Gasteiger partial charge in [0.05, 0.1) is 5.69 Å². The summed E-state index contributed by atoms with van der Waals surface area (Å²) in [6.45, 7) is 0. The van der Waals surface area contributed by atoms with E-state index in [1.165, 1.54) is 60.0 Å². The Hall–Kier alpha value is -7.94. The van der Waals surface area contributed by atoms with Crippen LogP contribution in [-0.2, 0) is 0 Å². The van der Waals surface area contributed by atoms with E-state index < -0.39 is 0 Å². The van der Waals surface area contributed by atoms with E-state index in [9.17, 15) is 0 Å². The second-order valence-electron chi connectivity index (χ2n) is 15.6. The van der Waals surface area contributed by atoms with Crippen molar-refractivity contribution in [2.45, 2.75) is 0 Å². The smallest absolute Gasteiger partial charge is 0.143 e. The number of benzene rings is 11. The summed E-state index contributed by atoms with van der Waals surface area (Å²) in [6.07, 6.45) is 0. The molecule has 0 fully saturated rings. The van der Waals surface area contributed by atoms with Gasteiger partial charge in [0, 0.05) is 32.9 Å². The molecule has 0 aliphatic rings. The van der Waals surface area contributed by atoms with Gasteiger partial charge in [0.25, 0.3) is 0 Å². The zero-order chi connectivity index (χ0) is 39.6. The van der Waals surface area contributed by atoms with Crippen LogP contribution in [0.5, 0.6) is 0 Å². The normalized spacial score (nSPS) is 11.7. The van der Waals surface area contributed by atoms with Crippen LogP contribution in [0, 0.1) is 0 Å². The van der Waals surface area contributed by atoms with Gasteiger partial charge in [-0.25, -0.2) is 0 Å². The van der Waals surface area contributed by atoms with Crippen LogP contribution in [-0.4, -0.2) is 0 Å². The fourth-order valence-corrected chi connectivity index (χ4v) is 9.54. The lowest BCUT2D eigenvalue weighted by molar-refractivity contribution is 0.673. The molecule has 0 N–H and O–H groups in total. The van der Waals surface area contributed by atoms with E-state index >= 15 is 0 Å². The Morgan fingerprint density at radius 3 is 1.62 bits per heavy atom. The third kappa shape index (κ3) is 5.42. The van der Waals surface area contributed by atoms with E-state index in [1.807, 2.05) is 0 Å². The van der Waals surface area contributed by atoms with E-state index in [2.05, 4.69) is 229 Å². The van der Waals surface area contributed by atoms with Gasteiger partial charge in [-0.3, -0.25) is 0 Å². The van der Waals surface area contributed by atoms with Gasteiger partial charge in [0.1, 0.15) is 11.2 Å². The maximum atomic E-state index is 6.58. The maximum absolute atomic E-state index is 6.58. The predicted octanol–water partition coefficient (Wildman–Crippen LogP) is 16.7. The highest BCUT2D eigenvalue weighted by atomic mass is 16.3. The van der Waals surface area contributed by atoms with Gasteiger partial charge in [-0.2, -0.15) is 0 Å². The Morgan fingerprint density at radius 1 is 0.317 bits per heavy atom. The molecule has 12 aromatic rings. The molecule has 11 aromatic carbocycles. The fraction of sp³-hybridized carbons (Fsp3) is 0. The van der Waals surface area contributed by atoms with Crippen molar-refractivity contribution in [2.75, 3.05) is 4.90 Å². The number of hydrogen-bond acceptors (Lipinski definition) is 2. The van der Waals surface area contributed by atoms with Crippen LogP contribution in [0.4, 0.5) is 17.1 Å². The number of anilines is 3. The third-order valence-corrected chi connectivity index (χ3v) is 12.2. The molecule has 0 radical (unpaired) electrons. The first-order chi connectivity index (χ1) is 29.8. The summed E-state index contributed by atoms with van der Waals surface area (Å²) in [7, 11) is 0. The average Bonchev–Trinajstić information content (AvgIpc) is 3.72. The molecular weight excluding hydrogens is 727 g/mol. The minimum absolute atomic E-state index is 0.896. The van der Waals surface area contributed by atoms with Crippen LogP contribution in [0.2, 0.25) is 0 Å². The molecule has 0 saturated carbocycles. The molecule has 0 unspecified atom stereocenters. The molecule has 0 atom stereocenters. The average molecular weight is 764 g/mol. The summed E-state index contributed by atoms with van der Waals surface area (Å²) >= 11 is 0. The highest BCUT2D eigenvalue weighted by Crippen LogP contribution is 2.48. The lowest BCUT2D eigenvalue weighted by atomic mass is 9.85. The molecule has 1 aromatic heterocycles. The molecule has 0 spiro atoms. The van der Waals surface area contributed by atoms with Crippen molar-refractivity contribution in [3.05, 3.63) is 224 Å². The largest absolute Gasteiger partial charge is 0.455 e. The van der Waals surface area contributed by atoms with Crippen molar-refractivity contribution in [2.24, 2.45) is 0 Å². The summed E-state index contributed by atoms with van der Waals surface area (Å²) in [5.74, 6) is 0. The molecule has 0 bridgehead atoms. The maximum Gasteiger partial charge on any atom is 0.143 e. The first-order valence-electron chi connectivity index (χ1n) is 20.6. The van der Waals surface area contributed by atoms with Crippen LogP contribution in [0.15, 0.2) is 229 Å². The van der Waals surface area contributed by atoms with Crippen LogP contribution in [0.3, 0.4) is 0 Å². The molecule has 0 amide bonds. The molecule has 0 saturated heterocycles. The summed E-state index contributed by atoms with van der Waals surface area (Å²) in [5, 5.41) is 11.9. The Kier molecular flexibility index (Phi) is 7.89. The van der Waals surface area contributed by atoms with Gasteiger partial charge in [0.2, 0.25) is 0 Å². The van der Waals surface area contributed by atoms with E-state index in [0.717, 1.165) is 55.5 Å². The van der Waals surface area contributed by atoms with E-state index in [1.54, 1.807) is 0 Å². The van der Waals surface area contributed by atoms with Crippen molar-refractivity contribution in [1.29, 1.82) is 0 Å². The fourth-order valence-electron chi connectivity index (χ4n) is 9.54. The van der Waals surface area contributed by atoms with E-state index in [-0.39, 0.29) is 0 Å². The zero-order valence-electron chi connectivity index (χ0n) is 32.7. The van der Waals surface area contributed by atoms with Crippen molar-refractivity contribution >= 4 is 82.1 Å². The van der Waals surface area contributed by atoms with Crippen LogP contribution >= 0.6 is 0 Å². The van der Waals surface area contributed by atoms with Crippen molar-refractivity contribution in [3.63, 3.8) is 0 Å². The van der Waals surface area contributed by atoms with Gasteiger partial charge in [0.15, 0.2) is 0 Å². The number of fused-ring (bicyclic) bond motifs is 9. The molecule has 2 nitrogen and oxygen atoms in total. The van der Waals surface area contributed by atoms with Crippen molar-refractivity contribution in [3.8, 4) is 33.4 Å². The molecular formula is C58H37NO. The molecule has 12 rings (SSSR count). The molecule has 1 heterocycles. The molecule has 60 heavy (non-hydrogen) atoms. The quantitative estimate of drug-likeness (QED) is 0.157. The number of nitrogens with zero attached hydrogens (tertiary/aromatic N) is 1. The van der Waals surface area contributed by atoms with Crippen molar-refractivity contribution < 1.29 is 4.42 Å². The van der Waals surface area contributed by atoms with Gasteiger partial charge in [-0.05, 0) is 108 Å². The van der Waals surface area contributed by atoms with Crippen molar-refractivity contribution in [1.82, 2.24) is 0 Å². The molecule has 280 valence electrons. The van der Waals surface area contributed by atoms with Crippen LogP contribution in [0.1, 0.15) is 0 Å². The first-order valence-corrected chi connectivity index (χ1v) is 20.6. The topological polar surface area (TPSA) is 16.4 Å². The highest BCUT2D eigenvalue weighted by molar-refractivity contribution is 6.23. The summed E-state index contributed by atoms with van der Waals surface area (Å²) in [5.41, 5.74) is 12.3.